The van der Waals surface area contributed by atoms with Gasteiger partial charge in [-0.25, -0.2) is 9.78 Å². The van der Waals surface area contributed by atoms with Crippen LogP contribution in [0.5, 0.6) is 0 Å². The van der Waals surface area contributed by atoms with Gasteiger partial charge in [0.1, 0.15) is 0 Å². The van der Waals surface area contributed by atoms with Crippen LogP contribution in [0.25, 0.3) is 11.2 Å². The minimum Gasteiger partial charge on any atom is -0.325 e. The first-order valence-electron chi connectivity index (χ1n) is 7.82. The van der Waals surface area contributed by atoms with E-state index in [9.17, 15) is 9.59 Å². The number of imidazole rings is 1. The summed E-state index contributed by atoms with van der Waals surface area (Å²) < 4.78 is 4.47. The maximum atomic E-state index is 12.4. The Morgan fingerprint density at radius 2 is 1.95 bits per heavy atom. The maximum absolute atomic E-state index is 12.4. The van der Waals surface area contributed by atoms with Crippen LogP contribution in [0.15, 0.2) is 15.9 Å². The number of hydrogen-bond donors (Lipinski definition) is 0. The number of nitrogens with zero attached hydrogens (tertiary/aromatic N) is 5. The highest BCUT2D eigenvalue weighted by Gasteiger charge is 2.20. The maximum Gasteiger partial charge on any atom is 0.332 e. The van der Waals surface area contributed by atoms with Crippen molar-refractivity contribution >= 4 is 11.2 Å². The molecule has 0 radical (unpaired) electrons. The minimum atomic E-state index is -0.338. The standard InChI is InChI=1S/C15H23N5O2/c1-17-8-5-4-6-11(17)7-9-20-10-16-13-12(20)14(21)19(3)15(22)18(13)2/h10-11H,4-9H2,1-3H3/t11-/m1/s1. The fourth-order valence-corrected chi connectivity index (χ4v) is 3.36. The number of fused-ring (bicyclic) bond motifs is 1. The van der Waals surface area contributed by atoms with Crippen LogP contribution in [0, 0.1) is 0 Å². The third-order valence-corrected chi connectivity index (χ3v) is 4.84. The number of aryl methyl sites for hydroxylation is 2. The molecule has 1 fully saturated rings. The van der Waals surface area contributed by atoms with Crippen molar-refractivity contribution in [3.63, 3.8) is 0 Å². The van der Waals surface area contributed by atoms with Crippen molar-refractivity contribution in [2.75, 3.05) is 13.6 Å². The molecule has 7 nitrogen and oxygen atoms in total. The van der Waals surface area contributed by atoms with Crippen molar-refractivity contribution in [2.24, 2.45) is 14.1 Å². The molecule has 0 aliphatic carbocycles. The fourth-order valence-electron chi connectivity index (χ4n) is 3.36. The smallest absolute Gasteiger partial charge is 0.325 e. The van der Waals surface area contributed by atoms with Crippen molar-refractivity contribution in [2.45, 2.75) is 38.3 Å². The molecule has 3 rings (SSSR count). The molecular formula is C15H23N5O2. The topological polar surface area (TPSA) is 65.1 Å². The Labute approximate surface area is 128 Å². The van der Waals surface area contributed by atoms with Gasteiger partial charge in [-0.05, 0) is 32.9 Å². The van der Waals surface area contributed by atoms with Gasteiger partial charge in [0.15, 0.2) is 11.2 Å². The van der Waals surface area contributed by atoms with Crippen LogP contribution < -0.4 is 11.2 Å². The molecular weight excluding hydrogens is 282 g/mol. The van der Waals surface area contributed by atoms with Gasteiger partial charge in [0.25, 0.3) is 5.56 Å². The van der Waals surface area contributed by atoms with Crippen molar-refractivity contribution in [3.8, 4) is 0 Å². The first kappa shape index (κ1) is 15.0. The Hall–Kier alpha value is -1.89. The Bertz CT molecular complexity index is 801. The van der Waals surface area contributed by atoms with Crippen molar-refractivity contribution in [1.29, 1.82) is 0 Å². The van der Waals surface area contributed by atoms with E-state index in [1.165, 1.54) is 30.9 Å². The first-order valence-corrected chi connectivity index (χ1v) is 7.82. The van der Waals surface area contributed by atoms with E-state index >= 15 is 0 Å². The molecule has 0 saturated carbocycles. The lowest BCUT2D eigenvalue weighted by Crippen LogP contribution is -2.38. The monoisotopic (exact) mass is 305 g/mol. The second kappa shape index (κ2) is 5.72. The van der Waals surface area contributed by atoms with Gasteiger partial charge in [0.2, 0.25) is 0 Å². The summed E-state index contributed by atoms with van der Waals surface area (Å²) in [5, 5.41) is 0. The second-order valence-electron chi connectivity index (χ2n) is 6.23. The van der Waals surface area contributed by atoms with Gasteiger partial charge in [-0.1, -0.05) is 6.42 Å². The molecule has 2 aromatic heterocycles. The summed E-state index contributed by atoms with van der Waals surface area (Å²) >= 11 is 0. The molecule has 22 heavy (non-hydrogen) atoms. The molecule has 120 valence electrons. The van der Waals surface area contributed by atoms with Crippen LogP contribution in [0.1, 0.15) is 25.7 Å². The molecule has 0 N–H and O–H groups in total. The zero-order valence-corrected chi connectivity index (χ0v) is 13.4. The average molecular weight is 305 g/mol. The Kier molecular flexibility index (Phi) is 3.90. The largest absolute Gasteiger partial charge is 0.332 e. The molecule has 1 saturated heterocycles. The van der Waals surface area contributed by atoms with Gasteiger partial charge in [-0.2, -0.15) is 0 Å². The van der Waals surface area contributed by atoms with Crippen molar-refractivity contribution < 1.29 is 0 Å². The van der Waals surface area contributed by atoms with Crippen molar-refractivity contribution in [1.82, 2.24) is 23.6 Å². The lowest BCUT2D eigenvalue weighted by atomic mass is 10.0. The first-order chi connectivity index (χ1) is 10.5. The molecule has 1 aliphatic rings. The summed E-state index contributed by atoms with van der Waals surface area (Å²) in [5.74, 6) is 0. The molecule has 0 unspecified atom stereocenters. The quantitative estimate of drug-likeness (QED) is 0.818. The van der Waals surface area contributed by atoms with E-state index in [4.69, 9.17) is 0 Å². The van der Waals surface area contributed by atoms with Crippen LogP contribution in [0.2, 0.25) is 0 Å². The van der Waals surface area contributed by atoms with E-state index in [2.05, 4.69) is 16.9 Å². The molecule has 7 heteroatoms. The van der Waals surface area contributed by atoms with E-state index in [0.29, 0.717) is 17.2 Å². The summed E-state index contributed by atoms with van der Waals surface area (Å²) in [4.78, 5) is 31.0. The zero-order chi connectivity index (χ0) is 15.9. The second-order valence-corrected chi connectivity index (χ2v) is 6.23. The fraction of sp³-hybridized carbons (Fsp3) is 0.667. The number of likely N-dealkylation sites (tertiary alicyclic amines) is 1. The molecule has 0 spiro atoms. The van der Waals surface area contributed by atoms with Crippen LogP contribution in [0.4, 0.5) is 0 Å². The number of rotatable bonds is 3. The van der Waals surface area contributed by atoms with Gasteiger partial charge in [0, 0.05) is 26.7 Å². The van der Waals surface area contributed by atoms with Gasteiger partial charge >= 0.3 is 5.69 Å². The third kappa shape index (κ3) is 2.39. The normalized spacial score (nSPS) is 19.9. The summed E-state index contributed by atoms with van der Waals surface area (Å²) in [6.45, 7) is 1.89. The lowest BCUT2D eigenvalue weighted by Gasteiger charge is -2.32. The molecule has 3 heterocycles. The van der Waals surface area contributed by atoms with Crippen LogP contribution in [0.3, 0.4) is 0 Å². The molecule has 0 aromatic carbocycles. The predicted molar refractivity (Wildman–Crippen MR) is 85.1 cm³/mol. The van der Waals surface area contributed by atoms with E-state index in [0.717, 1.165) is 24.1 Å². The highest BCUT2D eigenvalue weighted by Crippen LogP contribution is 2.19. The average Bonchev–Trinajstić information content (AvgIpc) is 2.94. The van der Waals surface area contributed by atoms with Gasteiger partial charge in [0.05, 0.1) is 6.33 Å². The van der Waals surface area contributed by atoms with E-state index < -0.39 is 0 Å². The highest BCUT2D eigenvalue weighted by atomic mass is 16.2. The Morgan fingerprint density at radius 3 is 2.68 bits per heavy atom. The minimum absolute atomic E-state index is 0.271. The van der Waals surface area contributed by atoms with Crippen LogP contribution >= 0.6 is 0 Å². The number of aromatic nitrogens is 4. The number of hydrogen-bond acceptors (Lipinski definition) is 4. The van der Waals surface area contributed by atoms with Gasteiger partial charge < -0.3 is 9.47 Å². The summed E-state index contributed by atoms with van der Waals surface area (Å²) in [6, 6.07) is 0.558. The van der Waals surface area contributed by atoms with Crippen LogP contribution in [-0.4, -0.2) is 43.2 Å². The zero-order valence-electron chi connectivity index (χ0n) is 13.4. The van der Waals surface area contributed by atoms with E-state index in [1.807, 2.05) is 4.57 Å². The molecule has 1 aliphatic heterocycles. The molecule has 0 bridgehead atoms. The SMILES string of the molecule is CN1CCCC[C@@H]1CCn1cnc2c1c(=O)n(C)c(=O)n2C. The van der Waals surface area contributed by atoms with Crippen LogP contribution in [-0.2, 0) is 20.6 Å². The third-order valence-electron chi connectivity index (χ3n) is 4.84. The summed E-state index contributed by atoms with van der Waals surface area (Å²) in [7, 11) is 5.32. The summed E-state index contributed by atoms with van der Waals surface area (Å²) in [5.41, 5.74) is 0.371. The van der Waals surface area contributed by atoms with Gasteiger partial charge in [-0.3, -0.25) is 13.9 Å². The molecule has 0 amide bonds. The highest BCUT2D eigenvalue weighted by molar-refractivity contribution is 5.69. The summed E-state index contributed by atoms with van der Waals surface area (Å²) in [6.07, 6.45) is 6.42. The van der Waals surface area contributed by atoms with Gasteiger partial charge in [-0.15, -0.1) is 0 Å². The van der Waals surface area contributed by atoms with Crippen molar-refractivity contribution in [3.05, 3.63) is 27.2 Å². The Balaban J connectivity index is 1.92. The Morgan fingerprint density at radius 1 is 1.18 bits per heavy atom. The van der Waals surface area contributed by atoms with E-state index in [-0.39, 0.29) is 11.2 Å². The van der Waals surface area contributed by atoms with E-state index in [1.54, 1.807) is 13.4 Å². The predicted octanol–water partition coefficient (Wildman–Crippen LogP) is 0.308. The molecule has 2 aromatic rings. The molecule has 1 atom stereocenters. The number of piperidine rings is 1. The lowest BCUT2D eigenvalue weighted by molar-refractivity contribution is 0.171.